The van der Waals surface area contributed by atoms with Crippen molar-refractivity contribution in [1.82, 2.24) is 10.6 Å². The van der Waals surface area contributed by atoms with Crippen LogP contribution in [0.15, 0.2) is 47.5 Å². The number of aliphatic hydroxyl groups is 1. The first kappa shape index (κ1) is 23.3. The lowest BCUT2D eigenvalue weighted by Gasteiger charge is -2.14. The van der Waals surface area contributed by atoms with E-state index in [9.17, 15) is 22.7 Å². The van der Waals surface area contributed by atoms with E-state index in [-0.39, 0.29) is 24.7 Å². The lowest BCUT2D eigenvalue weighted by molar-refractivity contribution is -0.0498. The molecule has 0 radical (unpaired) electrons. The molecule has 10 heteroatoms. The molecule has 1 unspecified atom stereocenters. The predicted molar refractivity (Wildman–Crippen MR) is 104 cm³/mol. The molecule has 0 amide bonds. The van der Waals surface area contributed by atoms with Gasteiger partial charge in [-0.3, -0.25) is 4.99 Å². The highest BCUT2D eigenvalue weighted by Crippen LogP contribution is 2.19. The van der Waals surface area contributed by atoms with Gasteiger partial charge in [-0.2, -0.15) is 8.78 Å². The summed E-state index contributed by atoms with van der Waals surface area (Å²) in [5.74, 6) is -1.31. The molecule has 0 aromatic heterocycles. The maximum absolute atomic E-state index is 13.1. The zero-order chi connectivity index (χ0) is 21.9. The average molecular weight is 429 g/mol. The molecule has 0 heterocycles. The molecule has 30 heavy (non-hydrogen) atoms. The van der Waals surface area contributed by atoms with Gasteiger partial charge < -0.3 is 25.2 Å². The standard InChI is InChI=1S/C20H23F4N3O3/c1-2-25-20(26-9-10-29-15-7-8-16(21)17(22)11-15)27-12-18(28)13-3-5-14(6-4-13)30-19(23)24/h3-8,11,18-19,28H,2,9-10,12H2,1H3,(H2,25,26,27). The second kappa shape index (κ2) is 11.9. The molecule has 2 aromatic carbocycles. The summed E-state index contributed by atoms with van der Waals surface area (Å²) in [4.78, 5) is 4.26. The van der Waals surface area contributed by atoms with Crippen LogP contribution in [0, 0.1) is 11.6 Å². The second-order valence-electron chi connectivity index (χ2n) is 6.03. The van der Waals surface area contributed by atoms with E-state index in [0.29, 0.717) is 24.6 Å². The summed E-state index contributed by atoms with van der Waals surface area (Å²) < 4.78 is 60.0. The third-order valence-corrected chi connectivity index (χ3v) is 3.81. The van der Waals surface area contributed by atoms with Crippen molar-refractivity contribution in [2.75, 3.05) is 26.2 Å². The molecule has 0 fully saturated rings. The topological polar surface area (TPSA) is 75.1 Å². The normalized spacial score (nSPS) is 12.6. The molecule has 0 saturated carbocycles. The smallest absolute Gasteiger partial charge is 0.387 e. The minimum atomic E-state index is -2.91. The van der Waals surface area contributed by atoms with Crippen molar-refractivity contribution in [2.24, 2.45) is 4.99 Å². The van der Waals surface area contributed by atoms with Crippen molar-refractivity contribution < 1.29 is 32.1 Å². The first-order chi connectivity index (χ1) is 14.4. The maximum Gasteiger partial charge on any atom is 0.387 e. The lowest BCUT2D eigenvalue weighted by Crippen LogP contribution is -2.39. The van der Waals surface area contributed by atoms with E-state index in [0.717, 1.165) is 12.1 Å². The van der Waals surface area contributed by atoms with E-state index in [4.69, 9.17) is 4.74 Å². The van der Waals surface area contributed by atoms with Crippen LogP contribution in [0.1, 0.15) is 18.6 Å². The quantitative estimate of drug-likeness (QED) is 0.234. The minimum Gasteiger partial charge on any atom is -0.492 e. The molecule has 0 aliphatic rings. The Labute approximate surface area is 171 Å². The van der Waals surface area contributed by atoms with Gasteiger partial charge >= 0.3 is 6.61 Å². The number of nitrogens with zero attached hydrogens (tertiary/aromatic N) is 1. The molecule has 2 rings (SSSR count). The molecule has 0 saturated heterocycles. The highest BCUT2D eigenvalue weighted by molar-refractivity contribution is 5.79. The molecule has 0 aliphatic carbocycles. The molecule has 6 nitrogen and oxygen atoms in total. The average Bonchev–Trinajstić information content (AvgIpc) is 2.71. The minimum absolute atomic E-state index is 0.000456. The van der Waals surface area contributed by atoms with Gasteiger partial charge in [0.15, 0.2) is 17.6 Å². The van der Waals surface area contributed by atoms with Crippen molar-refractivity contribution in [3.05, 3.63) is 59.7 Å². The van der Waals surface area contributed by atoms with Crippen LogP contribution in [0.2, 0.25) is 0 Å². The first-order valence-corrected chi connectivity index (χ1v) is 9.22. The van der Waals surface area contributed by atoms with E-state index in [1.807, 2.05) is 6.92 Å². The van der Waals surface area contributed by atoms with E-state index in [2.05, 4.69) is 20.4 Å². The summed E-state index contributed by atoms with van der Waals surface area (Å²) >= 11 is 0. The van der Waals surface area contributed by atoms with Crippen LogP contribution in [0.5, 0.6) is 11.5 Å². The van der Waals surface area contributed by atoms with Gasteiger partial charge in [-0.25, -0.2) is 8.78 Å². The van der Waals surface area contributed by atoms with Crippen LogP contribution in [-0.4, -0.2) is 43.9 Å². The summed E-state index contributed by atoms with van der Waals surface area (Å²) in [6.45, 7) is 0.0439. The Bertz CT molecular complexity index is 819. The van der Waals surface area contributed by atoms with Crippen molar-refractivity contribution >= 4 is 5.96 Å². The number of aliphatic hydroxyl groups excluding tert-OH is 1. The Hall–Kier alpha value is -3.01. The van der Waals surface area contributed by atoms with Crippen LogP contribution in [0.25, 0.3) is 0 Å². The molecule has 0 aliphatic heterocycles. The van der Waals surface area contributed by atoms with Gasteiger partial charge in [0.2, 0.25) is 0 Å². The molecule has 0 bridgehead atoms. The largest absolute Gasteiger partial charge is 0.492 e. The summed E-state index contributed by atoms with van der Waals surface area (Å²) in [5.41, 5.74) is 0.498. The van der Waals surface area contributed by atoms with Gasteiger partial charge in [0.05, 0.1) is 19.2 Å². The van der Waals surface area contributed by atoms with Crippen molar-refractivity contribution in [2.45, 2.75) is 19.6 Å². The number of ether oxygens (including phenoxy) is 2. The van der Waals surface area contributed by atoms with Gasteiger partial charge in [-0.05, 0) is 36.8 Å². The van der Waals surface area contributed by atoms with E-state index in [1.54, 1.807) is 0 Å². The summed E-state index contributed by atoms with van der Waals surface area (Å²) in [7, 11) is 0. The van der Waals surface area contributed by atoms with Gasteiger partial charge in [0, 0.05) is 12.6 Å². The Morgan fingerprint density at radius 2 is 1.73 bits per heavy atom. The number of alkyl halides is 2. The molecule has 0 spiro atoms. The molecule has 3 N–H and O–H groups in total. The number of halogens is 4. The van der Waals surface area contributed by atoms with E-state index < -0.39 is 24.3 Å². The number of aliphatic imine (C=N–C) groups is 1. The highest BCUT2D eigenvalue weighted by atomic mass is 19.3. The molecule has 2 aromatic rings. The van der Waals surface area contributed by atoms with Gasteiger partial charge in [0.25, 0.3) is 0 Å². The molecule has 164 valence electrons. The Balaban J connectivity index is 1.83. The summed E-state index contributed by atoms with van der Waals surface area (Å²) in [6, 6.07) is 8.91. The number of guanidine groups is 1. The monoisotopic (exact) mass is 429 g/mol. The number of hydrogen-bond donors (Lipinski definition) is 3. The van der Waals surface area contributed by atoms with Gasteiger partial charge in [-0.15, -0.1) is 0 Å². The van der Waals surface area contributed by atoms with Crippen LogP contribution < -0.4 is 20.1 Å². The van der Waals surface area contributed by atoms with Crippen LogP contribution in [-0.2, 0) is 0 Å². The van der Waals surface area contributed by atoms with Crippen LogP contribution >= 0.6 is 0 Å². The third kappa shape index (κ3) is 7.78. The first-order valence-electron chi connectivity index (χ1n) is 9.22. The Kier molecular flexibility index (Phi) is 9.20. The number of hydrogen-bond acceptors (Lipinski definition) is 4. The van der Waals surface area contributed by atoms with Gasteiger partial charge in [-0.1, -0.05) is 12.1 Å². The SMILES string of the molecule is CCNC(=NCC(O)c1ccc(OC(F)F)cc1)NCCOc1ccc(F)c(F)c1. The van der Waals surface area contributed by atoms with E-state index in [1.165, 1.54) is 30.3 Å². The maximum atomic E-state index is 13.1. The van der Waals surface area contributed by atoms with Crippen molar-refractivity contribution in [3.8, 4) is 11.5 Å². The zero-order valence-electron chi connectivity index (χ0n) is 16.2. The lowest BCUT2D eigenvalue weighted by atomic mass is 10.1. The fourth-order valence-corrected chi connectivity index (χ4v) is 2.40. The number of rotatable bonds is 10. The Morgan fingerprint density at radius 1 is 1.03 bits per heavy atom. The van der Waals surface area contributed by atoms with Gasteiger partial charge in [0.1, 0.15) is 18.1 Å². The summed E-state index contributed by atoms with van der Waals surface area (Å²) in [6.07, 6.45) is -0.945. The fraction of sp³-hybridized carbons (Fsp3) is 0.350. The Morgan fingerprint density at radius 3 is 2.37 bits per heavy atom. The van der Waals surface area contributed by atoms with Crippen LogP contribution in [0.4, 0.5) is 17.6 Å². The van der Waals surface area contributed by atoms with Crippen LogP contribution in [0.3, 0.4) is 0 Å². The summed E-state index contributed by atoms with van der Waals surface area (Å²) in [5, 5.41) is 16.2. The van der Waals surface area contributed by atoms with E-state index >= 15 is 0 Å². The molecular weight excluding hydrogens is 406 g/mol. The number of benzene rings is 2. The molecule has 1 atom stereocenters. The second-order valence-corrected chi connectivity index (χ2v) is 6.03. The molecular formula is C20H23F4N3O3. The number of nitrogens with one attached hydrogen (secondary N) is 2. The van der Waals surface area contributed by atoms with Crippen molar-refractivity contribution in [3.63, 3.8) is 0 Å². The predicted octanol–water partition coefficient (Wildman–Crippen LogP) is 3.23. The van der Waals surface area contributed by atoms with Crippen molar-refractivity contribution in [1.29, 1.82) is 0 Å². The highest BCUT2D eigenvalue weighted by Gasteiger charge is 2.10. The fourth-order valence-electron chi connectivity index (χ4n) is 2.40. The third-order valence-electron chi connectivity index (χ3n) is 3.81. The zero-order valence-corrected chi connectivity index (χ0v) is 16.2.